The quantitative estimate of drug-likeness (QED) is 0.745. The van der Waals surface area contributed by atoms with Gasteiger partial charge >= 0.3 is 0 Å². The van der Waals surface area contributed by atoms with Crippen LogP contribution in [0.4, 0.5) is 0 Å². The highest BCUT2D eigenvalue weighted by Crippen LogP contribution is 2.14. The van der Waals surface area contributed by atoms with Crippen molar-refractivity contribution in [3.05, 3.63) is 11.6 Å². The molecule has 0 radical (unpaired) electrons. The summed E-state index contributed by atoms with van der Waals surface area (Å²) in [5, 5.41) is 6.99. The summed E-state index contributed by atoms with van der Waals surface area (Å²) in [6.45, 7) is 6.25. The lowest BCUT2D eigenvalue weighted by Gasteiger charge is -2.04. The molecule has 0 aliphatic rings. The fourth-order valence-corrected chi connectivity index (χ4v) is 1.16. The van der Waals surface area contributed by atoms with E-state index >= 15 is 0 Å². The first-order valence-electron chi connectivity index (χ1n) is 4.83. The minimum atomic E-state index is 0.00463. The fourth-order valence-electron chi connectivity index (χ4n) is 1.16. The molecule has 0 unspecified atom stereocenters. The Balaban J connectivity index is 2.67. The maximum atomic E-state index is 5.89. The first kappa shape index (κ1) is 10.2. The smallest absolute Gasteiger partial charge is 0.153 e. The van der Waals surface area contributed by atoms with Crippen molar-refractivity contribution in [3.63, 3.8) is 0 Å². The Morgan fingerprint density at radius 1 is 1.46 bits per heavy atom. The van der Waals surface area contributed by atoms with E-state index in [1.165, 1.54) is 0 Å². The summed E-state index contributed by atoms with van der Waals surface area (Å²) in [5.74, 6) is 2.02. The third-order valence-corrected chi connectivity index (χ3v) is 1.99. The lowest BCUT2D eigenvalue weighted by atomic mass is 10.2. The number of rotatable bonds is 4. The molecule has 0 saturated heterocycles. The third kappa shape index (κ3) is 2.52. The van der Waals surface area contributed by atoms with E-state index in [4.69, 9.17) is 5.73 Å². The second-order valence-electron chi connectivity index (χ2n) is 3.63. The van der Waals surface area contributed by atoms with Crippen molar-refractivity contribution in [2.45, 2.75) is 45.6 Å². The van der Waals surface area contributed by atoms with Crippen LogP contribution in [0.1, 0.15) is 57.2 Å². The van der Waals surface area contributed by atoms with Gasteiger partial charge in [-0.25, -0.2) is 4.98 Å². The van der Waals surface area contributed by atoms with Crippen molar-refractivity contribution < 1.29 is 0 Å². The Labute approximate surface area is 78.9 Å². The number of nitrogens with one attached hydrogen (secondary N) is 1. The van der Waals surface area contributed by atoms with Crippen LogP contribution in [0.5, 0.6) is 0 Å². The van der Waals surface area contributed by atoms with Gasteiger partial charge in [0.25, 0.3) is 0 Å². The lowest BCUT2D eigenvalue weighted by molar-refractivity contribution is 0.603. The molecule has 0 fully saturated rings. The molecule has 0 bridgehead atoms. The van der Waals surface area contributed by atoms with E-state index in [0.717, 1.165) is 24.5 Å². The van der Waals surface area contributed by atoms with E-state index < -0.39 is 0 Å². The van der Waals surface area contributed by atoms with Crippen LogP contribution >= 0.6 is 0 Å². The standard InChI is InChI=1S/C9H18N4/c1-4-5-7(10)9-11-8(6(2)3)12-13-9/h6-7H,4-5,10H2,1-3H3,(H,11,12,13)/t7-/m1/s1. The molecule has 1 atom stereocenters. The van der Waals surface area contributed by atoms with Crippen LogP contribution in [0.3, 0.4) is 0 Å². The van der Waals surface area contributed by atoms with Gasteiger partial charge in [-0.05, 0) is 6.42 Å². The maximum absolute atomic E-state index is 5.89. The Bertz CT molecular complexity index is 254. The number of nitrogens with zero attached hydrogens (tertiary/aromatic N) is 2. The molecular weight excluding hydrogens is 164 g/mol. The molecule has 13 heavy (non-hydrogen) atoms. The Kier molecular flexibility index (Phi) is 3.42. The zero-order valence-corrected chi connectivity index (χ0v) is 8.54. The molecule has 4 heteroatoms. The summed E-state index contributed by atoms with van der Waals surface area (Å²) < 4.78 is 0. The maximum Gasteiger partial charge on any atom is 0.153 e. The van der Waals surface area contributed by atoms with Crippen LogP contribution in [0.2, 0.25) is 0 Å². The van der Waals surface area contributed by atoms with Crippen molar-refractivity contribution in [2.24, 2.45) is 5.73 Å². The van der Waals surface area contributed by atoms with Crippen LogP contribution in [-0.4, -0.2) is 15.2 Å². The molecule has 1 heterocycles. The van der Waals surface area contributed by atoms with Crippen molar-refractivity contribution >= 4 is 0 Å². The van der Waals surface area contributed by atoms with Crippen LogP contribution in [0.15, 0.2) is 0 Å². The molecule has 0 aromatic carbocycles. The summed E-state index contributed by atoms with van der Waals surface area (Å²) in [7, 11) is 0. The normalized spacial score (nSPS) is 13.6. The van der Waals surface area contributed by atoms with Crippen LogP contribution in [0, 0.1) is 0 Å². The second kappa shape index (κ2) is 4.37. The van der Waals surface area contributed by atoms with Gasteiger partial charge in [-0.1, -0.05) is 27.2 Å². The van der Waals surface area contributed by atoms with Gasteiger partial charge in [0.05, 0.1) is 6.04 Å². The number of aromatic nitrogens is 3. The molecule has 74 valence electrons. The predicted molar refractivity (Wildman–Crippen MR) is 52.3 cm³/mol. The predicted octanol–water partition coefficient (Wildman–Crippen LogP) is 1.73. The van der Waals surface area contributed by atoms with E-state index in [1.807, 2.05) is 0 Å². The molecule has 1 aromatic heterocycles. The molecule has 0 saturated carbocycles. The highest BCUT2D eigenvalue weighted by molar-refractivity contribution is 4.98. The number of H-pyrrole nitrogens is 1. The van der Waals surface area contributed by atoms with Gasteiger partial charge < -0.3 is 5.73 Å². The number of nitrogens with two attached hydrogens (primary N) is 1. The Morgan fingerprint density at radius 2 is 2.15 bits per heavy atom. The van der Waals surface area contributed by atoms with Crippen molar-refractivity contribution in [1.82, 2.24) is 15.2 Å². The van der Waals surface area contributed by atoms with Gasteiger partial charge in [-0.3, -0.25) is 5.10 Å². The summed E-state index contributed by atoms with van der Waals surface area (Å²) in [6.07, 6.45) is 2.02. The van der Waals surface area contributed by atoms with Crippen LogP contribution < -0.4 is 5.73 Å². The molecular formula is C9H18N4. The highest BCUT2D eigenvalue weighted by Gasteiger charge is 2.11. The van der Waals surface area contributed by atoms with Gasteiger partial charge in [0, 0.05) is 5.92 Å². The second-order valence-corrected chi connectivity index (χ2v) is 3.63. The monoisotopic (exact) mass is 182 g/mol. The van der Waals surface area contributed by atoms with Gasteiger partial charge in [0.1, 0.15) is 5.82 Å². The van der Waals surface area contributed by atoms with Crippen molar-refractivity contribution in [3.8, 4) is 0 Å². The topological polar surface area (TPSA) is 67.6 Å². The van der Waals surface area contributed by atoms with Gasteiger partial charge in [-0.15, -0.1) is 0 Å². The summed E-state index contributed by atoms with van der Waals surface area (Å²) >= 11 is 0. The minimum absolute atomic E-state index is 0.00463. The number of aromatic amines is 1. The molecule has 0 aliphatic heterocycles. The van der Waals surface area contributed by atoms with E-state index in [-0.39, 0.29) is 6.04 Å². The minimum Gasteiger partial charge on any atom is -0.321 e. The molecule has 0 aliphatic carbocycles. The molecule has 1 aromatic rings. The van der Waals surface area contributed by atoms with Gasteiger partial charge in [0.2, 0.25) is 0 Å². The summed E-state index contributed by atoms with van der Waals surface area (Å²) in [5.41, 5.74) is 5.89. The van der Waals surface area contributed by atoms with E-state index in [0.29, 0.717) is 5.92 Å². The fraction of sp³-hybridized carbons (Fsp3) is 0.778. The average Bonchev–Trinajstić information content (AvgIpc) is 2.52. The average molecular weight is 182 g/mol. The zero-order valence-electron chi connectivity index (χ0n) is 8.54. The molecule has 3 N–H and O–H groups in total. The third-order valence-electron chi connectivity index (χ3n) is 1.99. The summed E-state index contributed by atoms with van der Waals surface area (Å²) in [4.78, 5) is 4.34. The first-order valence-corrected chi connectivity index (χ1v) is 4.83. The number of hydrogen-bond acceptors (Lipinski definition) is 3. The largest absolute Gasteiger partial charge is 0.321 e. The highest BCUT2D eigenvalue weighted by atomic mass is 15.2. The van der Waals surface area contributed by atoms with E-state index in [2.05, 4.69) is 36.0 Å². The Hall–Kier alpha value is -0.900. The van der Waals surface area contributed by atoms with E-state index in [9.17, 15) is 0 Å². The zero-order chi connectivity index (χ0) is 9.84. The van der Waals surface area contributed by atoms with Crippen molar-refractivity contribution in [1.29, 1.82) is 0 Å². The Morgan fingerprint density at radius 3 is 2.62 bits per heavy atom. The lowest BCUT2D eigenvalue weighted by Crippen LogP contribution is -2.11. The van der Waals surface area contributed by atoms with Crippen LogP contribution in [0.25, 0.3) is 0 Å². The van der Waals surface area contributed by atoms with Crippen LogP contribution in [-0.2, 0) is 0 Å². The first-order chi connectivity index (χ1) is 6.15. The molecule has 0 amide bonds. The van der Waals surface area contributed by atoms with Gasteiger partial charge in [-0.2, -0.15) is 5.10 Å². The van der Waals surface area contributed by atoms with E-state index in [1.54, 1.807) is 0 Å². The van der Waals surface area contributed by atoms with Crippen molar-refractivity contribution in [2.75, 3.05) is 0 Å². The molecule has 0 spiro atoms. The SMILES string of the molecule is CCC[C@@H](N)c1nc(C(C)C)n[nH]1. The van der Waals surface area contributed by atoms with Gasteiger partial charge in [0.15, 0.2) is 5.82 Å². The molecule has 1 rings (SSSR count). The summed E-state index contributed by atoms with van der Waals surface area (Å²) in [6, 6.07) is 0.00463. The molecule has 4 nitrogen and oxygen atoms in total. The number of hydrogen-bond donors (Lipinski definition) is 2.